The Hall–Kier alpha value is -4.20. The van der Waals surface area contributed by atoms with E-state index in [1.54, 1.807) is 38.1 Å². The van der Waals surface area contributed by atoms with Crippen LogP contribution in [0.3, 0.4) is 0 Å². The molecule has 1 unspecified atom stereocenters. The van der Waals surface area contributed by atoms with Crippen molar-refractivity contribution in [3.05, 3.63) is 113 Å². The number of ether oxygens (including phenoxy) is 3. The van der Waals surface area contributed by atoms with Gasteiger partial charge in [-0.2, -0.15) is 0 Å². The number of allylic oxidation sites excluding steroid dienone is 1. The van der Waals surface area contributed by atoms with Crippen LogP contribution in [0.2, 0.25) is 0 Å². The minimum Gasteiger partial charge on any atom is -0.494 e. The molecule has 1 atom stereocenters. The number of esters is 1. The number of carbonyl (C=O) groups excluding carboxylic acids is 1. The third-order valence-electron chi connectivity index (χ3n) is 6.84. The standard InChI is InChI=1S/C36H42O7/c1-23(2)26(7)40-18-10-8-12-27-20-29(13-9-11-19-41-34(37)24(3)4)33-30(21-27)22-32(36(39)43-33)28-14-16-31(17-15-28)42-35(38)25(5)6/h14-17,20-22,34,37H,1,3,5,7-13,18-19H2,2,4,6H3. The molecule has 1 N–H and O–H groups in total. The van der Waals surface area contributed by atoms with Crippen molar-refractivity contribution in [2.75, 3.05) is 13.2 Å². The predicted molar refractivity (Wildman–Crippen MR) is 171 cm³/mol. The first-order chi connectivity index (χ1) is 20.5. The number of hydrogen-bond acceptors (Lipinski definition) is 7. The van der Waals surface area contributed by atoms with Gasteiger partial charge in [0.2, 0.25) is 0 Å². The van der Waals surface area contributed by atoms with Gasteiger partial charge in [-0.25, -0.2) is 9.59 Å². The van der Waals surface area contributed by atoms with E-state index in [4.69, 9.17) is 18.6 Å². The Morgan fingerprint density at radius 1 is 0.884 bits per heavy atom. The van der Waals surface area contributed by atoms with Crippen LogP contribution >= 0.6 is 0 Å². The van der Waals surface area contributed by atoms with Crippen molar-refractivity contribution in [2.24, 2.45) is 0 Å². The lowest BCUT2D eigenvalue weighted by molar-refractivity contribution is -0.130. The van der Waals surface area contributed by atoms with Crippen molar-refractivity contribution in [2.45, 2.75) is 65.6 Å². The molecule has 0 saturated heterocycles. The Labute approximate surface area is 253 Å². The quantitative estimate of drug-likeness (QED) is 0.0200. The summed E-state index contributed by atoms with van der Waals surface area (Å²) >= 11 is 0. The monoisotopic (exact) mass is 586 g/mol. The second kappa shape index (κ2) is 15.9. The Bertz CT molecular complexity index is 1540. The van der Waals surface area contributed by atoms with E-state index in [2.05, 4.69) is 38.4 Å². The minimum absolute atomic E-state index is 0.299. The van der Waals surface area contributed by atoms with Crippen LogP contribution in [0.25, 0.3) is 22.1 Å². The van der Waals surface area contributed by atoms with E-state index >= 15 is 0 Å². The molecule has 2 aromatic carbocycles. The molecule has 0 radical (unpaired) electrons. The molecular formula is C36H42O7. The van der Waals surface area contributed by atoms with Crippen LogP contribution in [0.4, 0.5) is 0 Å². The predicted octanol–water partition coefficient (Wildman–Crippen LogP) is 7.60. The number of carbonyl (C=O) groups is 1. The molecule has 0 aliphatic carbocycles. The maximum Gasteiger partial charge on any atom is 0.344 e. The van der Waals surface area contributed by atoms with Gasteiger partial charge in [0, 0.05) is 11.0 Å². The first-order valence-electron chi connectivity index (χ1n) is 14.5. The maximum absolute atomic E-state index is 13.1. The first kappa shape index (κ1) is 33.3. The number of rotatable bonds is 17. The van der Waals surface area contributed by atoms with E-state index in [9.17, 15) is 14.7 Å². The molecule has 0 spiro atoms. The highest BCUT2D eigenvalue weighted by Gasteiger charge is 2.14. The molecule has 7 nitrogen and oxygen atoms in total. The zero-order valence-electron chi connectivity index (χ0n) is 25.5. The smallest absolute Gasteiger partial charge is 0.344 e. The zero-order chi connectivity index (χ0) is 31.5. The summed E-state index contributed by atoms with van der Waals surface area (Å²) in [5.41, 5.74) is 4.95. The van der Waals surface area contributed by atoms with Crippen molar-refractivity contribution < 1.29 is 28.5 Å². The second-order valence-corrected chi connectivity index (χ2v) is 10.9. The van der Waals surface area contributed by atoms with Crippen molar-refractivity contribution >= 4 is 16.9 Å². The van der Waals surface area contributed by atoms with E-state index in [-0.39, 0.29) is 0 Å². The third kappa shape index (κ3) is 9.94. The minimum atomic E-state index is -0.968. The molecule has 1 aromatic heterocycles. The Morgan fingerprint density at radius 3 is 2.21 bits per heavy atom. The molecule has 3 rings (SSSR count). The van der Waals surface area contributed by atoms with Gasteiger partial charge in [0.15, 0.2) is 6.29 Å². The van der Waals surface area contributed by atoms with Gasteiger partial charge in [-0.3, -0.25) is 0 Å². The van der Waals surface area contributed by atoms with E-state index in [1.807, 2.05) is 13.0 Å². The molecule has 0 aliphatic rings. The summed E-state index contributed by atoms with van der Waals surface area (Å²) in [6.45, 7) is 21.1. The van der Waals surface area contributed by atoms with Crippen LogP contribution in [-0.2, 0) is 27.1 Å². The van der Waals surface area contributed by atoms with Gasteiger partial charge in [-0.1, -0.05) is 44.5 Å². The fourth-order valence-corrected chi connectivity index (χ4v) is 4.31. The van der Waals surface area contributed by atoms with E-state index in [0.717, 1.165) is 54.2 Å². The van der Waals surface area contributed by atoms with Crippen molar-refractivity contribution in [1.82, 2.24) is 0 Å². The lowest BCUT2D eigenvalue weighted by Gasteiger charge is -2.13. The molecule has 0 saturated carbocycles. The molecule has 7 heteroatoms. The van der Waals surface area contributed by atoms with E-state index in [0.29, 0.717) is 59.0 Å². The molecule has 1 heterocycles. The summed E-state index contributed by atoms with van der Waals surface area (Å²) in [6, 6.07) is 12.7. The van der Waals surface area contributed by atoms with Gasteiger partial charge in [-0.05, 0) is 111 Å². The fraction of sp³-hybridized carbons (Fsp3) is 0.333. The Balaban J connectivity index is 1.83. The van der Waals surface area contributed by atoms with Gasteiger partial charge in [0.25, 0.3) is 0 Å². The number of benzene rings is 2. The van der Waals surface area contributed by atoms with Crippen molar-refractivity contribution in [3.63, 3.8) is 0 Å². The SMILES string of the molecule is C=C(C)C(=C)OCCCCc1cc(CCCCOC(O)C(=C)C)c2oc(=O)c(-c3ccc(OC(=O)C(=C)C)cc3)cc2c1. The molecule has 0 bridgehead atoms. The van der Waals surface area contributed by atoms with E-state index < -0.39 is 17.9 Å². The molecule has 3 aromatic rings. The van der Waals surface area contributed by atoms with Gasteiger partial charge in [0.1, 0.15) is 17.1 Å². The van der Waals surface area contributed by atoms with Crippen LogP contribution in [0, 0.1) is 0 Å². The van der Waals surface area contributed by atoms with Crippen molar-refractivity contribution in [3.8, 4) is 16.9 Å². The van der Waals surface area contributed by atoms with Gasteiger partial charge in [-0.15, -0.1) is 0 Å². The number of fused-ring (bicyclic) bond motifs is 1. The zero-order valence-corrected chi connectivity index (χ0v) is 25.5. The Kier molecular flexibility index (Phi) is 12.3. The average Bonchev–Trinajstić information content (AvgIpc) is 2.96. The van der Waals surface area contributed by atoms with Gasteiger partial charge in [0.05, 0.1) is 18.8 Å². The number of aliphatic hydroxyl groups excluding tert-OH is 1. The van der Waals surface area contributed by atoms with Crippen LogP contribution in [-0.4, -0.2) is 30.6 Å². The topological polar surface area (TPSA) is 95.2 Å². The number of aliphatic hydroxyl groups is 1. The normalized spacial score (nSPS) is 11.6. The number of hydrogen-bond donors (Lipinski definition) is 1. The van der Waals surface area contributed by atoms with Crippen LogP contribution in [0.15, 0.2) is 100 Å². The van der Waals surface area contributed by atoms with Crippen LogP contribution in [0.1, 0.15) is 57.6 Å². The number of unbranched alkanes of at least 4 members (excludes halogenated alkanes) is 2. The third-order valence-corrected chi connectivity index (χ3v) is 6.84. The van der Waals surface area contributed by atoms with Gasteiger partial charge >= 0.3 is 11.6 Å². The highest BCUT2D eigenvalue weighted by molar-refractivity contribution is 5.89. The lowest BCUT2D eigenvalue weighted by Crippen LogP contribution is -2.13. The average molecular weight is 587 g/mol. The summed E-state index contributed by atoms with van der Waals surface area (Å²) < 4.78 is 22.2. The van der Waals surface area contributed by atoms with Crippen LogP contribution < -0.4 is 10.4 Å². The highest BCUT2D eigenvalue weighted by Crippen LogP contribution is 2.28. The molecular weight excluding hydrogens is 544 g/mol. The Morgan fingerprint density at radius 2 is 1.56 bits per heavy atom. The molecule has 228 valence electrons. The number of aryl methyl sites for hydroxylation is 2. The molecule has 0 amide bonds. The van der Waals surface area contributed by atoms with Crippen molar-refractivity contribution in [1.29, 1.82) is 0 Å². The summed E-state index contributed by atoms with van der Waals surface area (Å²) in [5.74, 6) is 0.461. The fourth-order valence-electron chi connectivity index (χ4n) is 4.31. The lowest BCUT2D eigenvalue weighted by atomic mass is 9.97. The summed E-state index contributed by atoms with van der Waals surface area (Å²) in [6.07, 6.45) is 3.83. The second-order valence-electron chi connectivity index (χ2n) is 10.9. The molecule has 43 heavy (non-hydrogen) atoms. The van der Waals surface area contributed by atoms with E-state index in [1.165, 1.54) is 0 Å². The first-order valence-corrected chi connectivity index (χ1v) is 14.5. The highest BCUT2D eigenvalue weighted by atomic mass is 16.6. The van der Waals surface area contributed by atoms with Gasteiger partial charge < -0.3 is 23.7 Å². The maximum atomic E-state index is 13.1. The molecule has 0 aliphatic heterocycles. The summed E-state index contributed by atoms with van der Waals surface area (Å²) in [4.78, 5) is 25.0. The summed E-state index contributed by atoms with van der Waals surface area (Å²) in [7, 11) is 0. The molecule has 0 fully saturated rings. The van der Waals surface area contributed by atoms with Crippen LogP contribution in [0.5, 0.6) is 5.75 Å². The largest absolute Gasteiger partial charge is 0.494 e. The summed E-state index contributed by atoms with van der Waals surface area (Å²) in [5, 5.41) is 10.6.